The number of aromatic nitrogens is 1. The number of nitrogens with zero attached hydrogens (tertiary/aromatic N) is 3. The lowest BCUT2D eigenvalue weighted by Crippen LogP contribution is -2.38. The molecule has 1 atom stereocenters. The summed E-state index contributed by atoms with van der Waals surface area (Å²) in [5.41, 5.74) is 1.07. The number of hydrogen-bond donors (Lipinski definition) is 0. The van der Waals surface area contributed by atoms with Crippen molar-refractivity contribution in [3.8, 4) is 0 Å². The van der Waals surface area contributed by atoms with Crippen LogP contribution in [0, 0.1) is 6.92 Å². The van der Waals surface area contributed by atoms with Crippen molar-refractivity contribution in [1.82, 2.24) is 9.88 Å². The van der Waals surface area contributed by atoms with Crippen LogP contribution in [0.5, 0.6) is 0 Å². The molecule has 0 bridgehead atoms. The summed E-state index contributed by atoms with van der Waals surface area (Å²) in [4.78, 5) is 9.38. The molecule has 1 aromatic rings. The van der Waals surface area contributed by atoms with Gasteiger partial charge in [0.05, 0.1) is 5.69 Å². The minimum Gasteiger partial charge on any atom is -0.352 e. The Balaban J connectivity index is 2.17. The van der Waals surface area contributed by atoms with E-state index in [2.05, 4.69) is 56.9 Å². The van der Waals surface area contributed by atoms with Gasteiger partial charge in [-0.1, -0.05) is 0 Å². The molecule has 0 N–H and O–H groups in total. The summed E-state index contributed by atoms with van der Waals surface area (Å²) in [5.74, 6) is 1.12. The van der Waals surface area contributed by atoms with Crippen LogP contribution in [0.4, 0.5) is 5.82 Å². The Hall–Kier alpha value is -0.610. The Bertz CT molecular complexity index is 392. The smallest absolute Gasteiger partial charge is 0.129 e. The number of rotatable bonds is 3. The van der Waals surface area contributed by atoms with Crippen molar-refractivity contribution in [3.05, 3.63) is 22.3 Å². The topological polar surface area (TPSA) is 19.4 Å². The third-order valence-corrected chi connectivity index (χ3v) is 4.09. The molecule has 1 saturated heterocycles. The van der Waals surface area contributed by atoms with Gasteiger partial charge in [0.2, 0.25) is 0 Å². The fourth-order valence-corrected chi connectivity index (χ4v) is 2.66. The van der Waals surface area contributed by atoms with Crippen molar-refractivity contribution in [2.75, 3.05) is 32.1 Å². The van der Waals surface area contributed by atoms with Gasteiger partial charge < -0.3 is 9.80 Å². The van der Waals surface area contributed by atoms with E-state index in [1.165, 1.54) is 12.8 Å². The molecule has 94 valence electrons. The molecule has 1 aliphatic heterocycles. The first-order chi connectivity index (χ1) is 8.08. The number of halogens is 1. The molecule has 2 rings (SSSR count). The Morgan fingerprint density at radius 1 is 1.47 bits per heavy atom. The summed E-state index contributed by atoms with van der Waals surface area (Å²) in [6.07, 6.45) is 2.55. The van der Waals surface area contributed by atoms with Crippen LogP contribution in [-0.4, -0.2) is 43.1 Å². The van der Waals surface area contributed by atoms with Gasteiger partial charge in [0.1, 0.15) is 5.82 Å². The van der Waals surface area contributed by atoms with E-state index in [1.54, 1.807) is 0 Å². The van der Waals surface area contributed by atoms with Gasteiger partial charge in [-0.15, -0.1) is 0 Å². The summed E-state index contributed by atoms with van der Waals surface area (Å²) < 4.78 is 1.09. The van der Waals surface area contributed by atoms with Crippen molar-refractivity contribution in [1.29, 1.82) is 0 Å². The van der Waals surface area contributed by atoms with E-state index in [0.717, 1.165) is 29.1 Å². The molecule has 1 aliphatic rings. The lowest BCUT2D eigenvalue weighted by molar-refractivity contribution is 0.371. The lowest BCUT2D eigenvalue weighted by Gasteiger charge is -2.28. The third kappa shape index (κ3) is 2.99. The standard InChI is InChI=1S/C13H20BrN3/c1-10-12(14)6-7-13(15-10)17-8-4-5-11(17)9-16(2)3/h6-7,11H,4-5,8-9H2,1-3H3. The molecule has 0 aromatic carbocycles. The Labute approximate surface area is 112 Å². The zero-order valence-corrected chi connectivity index (χ0v) is 12.4. The average molecular weight is 298 g/mol. The number of anilines is 1. The molecule has 1 fully saturated rings. The summed E-state index contributed by atoms with van der Waals surface area (Å²) in [7, 11) is 4.27. The van der Waals surface area contributed by atoms with Crippen LogP contribution in [0.1, 0.15) is 18.5 Å². The maximum atomic E-state index is 4.67. The van der Waals surface area contributed by atoms with Gasteiger partial charge in [0.25, 0.3) is 0 Å². The van der Waals surface area contributed by atoms with E-state index in [4.69, 9.17) is 0 Å². The van der Waals surface area contributed by atoms with Gasteiger partial charge in [-0.05, 0) is 61.9 Å². The highest BCUT2D eigenvalue weighted by Gasteiger charge is 2.26. The van der Waals surface area contributed by atoms with E-state index in [1.807, 2.05) is 6.92 Å². The molecule has 0 saturated carbocycles. The summed E-state index contributed by atoms with van der Waals surface area (Å²) >= 11 is 3.50. The fourth-order valence-electron chi connectivity index (χ4n) is 2.44. The number of aryl methyl sites for hydroxylation is 1. The molecule has 0 aliphatic carbocycles. The molecule has 2 heterocycles. The maximum Gasteiger partial charge on any atom is 0.129 e. The van der Waals surface area contributed by atoms with Crippen LogP contribution >= 0.6 is 15.9 Å². The van der Waals surface area contributed by atoms with E-state index >= 15 is 0 Å². The molecular formula is C13H20BrN3. The fraction of sp³-hybridized carbons (Fsp3) is 0.615. The van der Waals surface area contributed by atoms with Crippen LogP contribution in [0.2, 0.25) is 0 Å². The molecule has 4 heteroatoms. The zero-order chi connectivity index (χ0) is 12.4. The van der Waals surface area contributed by atoms with Gasteiger partial charge in [-0.3, -0.25) is 0 Å². The summed E-state index contributed by atoms with van der Waals surface area (Å²) in [5, 5.41) is 0. The average Bonchev–Trinajstić information content (AvgIpc) is 2.69. The molecule has 17 heavy (non-hydrogen) atoms. The van der Waals surface area contributed by atoms with Crippen molar-refractivity contribution in [2.24, 2.45) is 0 Å². The lowest BCUT2D eigenvalue weighted by atomic mass is 10.2. The zero-order valence-electron chi connectivity index (χ0n) is 10.8. The van der Waals surface area contributed by atoms with Crippen molar-refractivity contribution in [3.63, 3.8) is 0 Å². The van der Waals surface area contributed by atoms with Crippen molar-refractivity contribution >= 4 is 21.7 Å². The van der Waals surface area contributed by atoms with Crippen molar-refractivity contribution < 1.29 is 0 Å². The Morgan fingerprint density at radius 2 is 2.24 bits per heavy atom. The van der Waals surface area contributed by atoms with Crippen LogP contribution < -0.4 is 4.90 Å². The predicted octanol–water partition coefficient (Wildman–Crippen LogP) is 2.68. The highest BCUT2D eigenvalue weighted by molar-refractivity contribution is 9.10. The van der Waals surface area contributed by atoms with E-state index in [0.29, 0.717) is 6.04 Å². The Morgan fingerprint density at radius 3 is 2.88 bits per heavy atom. The maximum absolute atomic E-state index is 4.67. The van der Waals surface area contributed by atoms with Gasteiger partial charge in [0, 0.05) is 23.6 Å². The second-order valence-electron chi connectivity index (χ2n) is 4.99. The Kier molecular flexibility index (Phi) is 4.05. The molecular weight excluding hydrogens is 278 g/mol. The normalized spacial score (nSPS) is 20.3. The molecule has 0 amide bonds. The van der Waals surface area contributed by atoms with Crippen molar-refractivity contribution in [2.45, 2.75) is 25.8 Å². The minimum atomic E-state index is 0.609. The first-order valence-electron chi connectivity index (χ1n) is 6.12. The second-order valence-corrected chi connectivity index (χ2v) is 5.84. The van der Waals surface area contributed by atoms with Crippen LogP contribution in [0.25, 0.3) is 0 Å². The molecule has 1 unspecified atom stereocenters. The molecule has 3 nitrogen and oxygen atoms in total. The summed E-state index contributed by atoms with van der Waals surface area (Å²) in [6.45, 7) is 4.29. The van der Waals surface area contributed by atoms with Gasteiger partial charge in [0.15, 0.2) is 0 Å². The highest BCUT2D eigenvalue weighted by Crippen LogP contribution is 2.26. The first-order valence-corrected chi connectivity index (χ1v) is 6.92. The quantitative estimate of drug-likeness (QED) is 0.855. The highest BCUT2D eigenvalue weighted by atomic mass is 79.9. The van der Waals surface area contributed by atoms with Gasteiger partial charge in [-0.25, -0.2) is 4.98 Å². The van der Waals surface area contributed by atoms with E-state index < -0.39 is 0 Å². The molecule has 0 spiro atoms. The van der Waals surface area contributed by atoms with Crippen LogP contribution in [0.15, 0.2) is 16.6 Å². The SMILES string of the molecule is Cc1nc(N2CCCC2CN(C)C)ccc1Br. The van der Waals surface area contributed by atoms with E-state index in [-0.39, 0.29) is 0 Å². The van der Waals surface area contributed by atoms with Crippen LogP contribution in [-0.2, 0) is 0 Å². The van der Waals surface area contributed by atoms with Gasteiger partial charge >= 0.3 is 0 Å². The van der Waals surface area contributed by atoms with Gasteiger partial charge in [-0.2, -0.15) is 0 Å². The molecule has 1 aromatic heterocycles. The largest absolute Gasteiger partial charge is 0.352 e. The molecule has 0 radical (unpaired) electrons. The van der Waals surface area contributed by atoms with Crippen LogP contribution in [0.3, 0.4) is 0 Å². The van der Waals surface area contributed by atoms with E-state index in [9.17, 15) is 0 Å². The summed E-state index contributed by atoms with van der Waals surface area (Å²) in [6, 6.07) is 4.83. The monoisotopic (exact) mass is 297 g/mol. The number of hydrogen-bond acceptors (Lipinski definition) is 3. The minimum absolute atomic E-state index is 0.609. The predicted molar refractivity (Wildman–Crippen MR) is 75.6 cm³/mol. The number of likely N-dealkylation sites (N-methyl/N-ethyl adjacent to an activating group) is 1. The number of pyridine rings is 1. The second kappa shape index (κ2) is 5.36. The third-order valence-electron chi connectivity index (χ3n) is 3.25. The first kappa shape index (κ1) is 12.8.